The Bertz CT molecular complexity index is 493. The van der Waals surface area contributed by atoms with E-state index in [1.54, 1.807) is 19.5 Å². The van der Waals surface area contributed by atoms with E-state index in [1.807, 2.05) is 12.1 Å². The van der Waals surface area contributed by atoms with Gasteiger partial charge in [0.25, 0.3) is 0 Å². The van der Waals surface area contributed by atoms with Crippen molar-refractivity contribution in [2.24, 2.45) is 5.92 Å². The molecule has 0 amide bonds. The highest BCUT2D eigenvalue weighted by atomic mass is 16.5. The number of ether oxygens (including phenoxy) is 1. The quantitative estimate of drug-likeness (QED) is 0.865. The second kappa shape index (κ2) is 5.24. The lowest BCUT2D eigenvalue weighted by atomic mass is 9.67. The third-order valence-corrected chi connectivity index (χ3v) is 4.79. The minimum absolute atomic E-state index is 0.0234. The summed E-state index contributed by atoms with van der Waals surface area (Å²) in [5.74, 6) is 0.307. The molecule has 3 saturated heterocycles. The van der Waals surface area contributed by atoms with Crippen LogP contribution >= 0.6 is 0 Å². The lowest BCUT2D eigenvalue weighted by Gasteiger charge is -2.54. The Morgan fingerprint density at radius 2 is 2.20 bits per heavy atom. The van der Waals surface area contributed by atoms with Crippen molar-refractivity contribution in [3.63, 3.8) is 0 Å². The molecule has 0 aromatic carbocycles. The number of hydrogen-bond acceptors (Lipinski definition) is 5. The Kier molecular flexibility index (Phi) is 3.58. The molecule has 3 aliphatic heterocycles. The van der Waals surface area contributed by atoms with E-state index < -0.39 is 5.54 Å². The normalized spacial score (nSPS) is 36.3. The standard InChI is InChI=1S/C15H20N2O3/c1-20-10-15(9-18)14(19)12-4-7-17(15)8-13(12)11-2-5-16-6-3-11/h2-3,5-6,12-13,18H,4,7-10H2,1H3/t12-,13-,15-/m0/s1. The molecule has 0 saturated carbocycles. The van der Waals surface area contributed by atoms with Gasteiger partial charge in [0, 0.05) is 44.4 Å². The number of aliphatic hydroxyl groups excluding tert-OH is 1. The maximum atomic E-state index is 12.8. The molecular weight excluding hydrogens is 256 g/mol. The van der Waals surface area contributed by atoms with Crippen molar-refractivity contribution in [2.45, 2.75) is 17.9 Å². The Morgan fingerprint density at radius 3 is 2.80 bits per heavy atom. The van der Waals surface area contributed by atoms with Gasteiger partial charge in [0.15, 0.2) is 5.78 Å². The topological polar surface area (TPSA) is 62.7 Å². The van der Waals surface area contributed by atoms with E-state index in [0.717, 1.165) is 25.1 Å². The summed E-state index contributed by atoms with van der Waals surface area (Å²) in [6.07, 6.45) is 4.40. The first kappa shape index (κ1) is 13.7. The average molecular weight is 276 g/mol. The van der Waals surface area contributed by atoms with Gasteiger partial charge in [-0.3, -0.25) is 14.7 Å². The number of nitrogens with zero attached hydrogens (tertiary/aromatic N) is 2. The molecule has 3 aliphatic rings. The minimum atomic E-state index is -0.832. The van der Waals surface area contributed by atoms with Crippen LogP contribution in [0.2, 0.25) is 0 Å². The van der Waals surface area contributed by atoms with E-state index in [4.69, 9.17) is 4.74 Å². The SMILES string of the molecule is COC[C@@]1(CO)C(=O)[C@H]2CCN1C[C@H]2c1ccncc1. The molecule has 0 radical (unpaired) electrons. The van der Waals surface area contributed by atoms with Gasteiger partial charge in [0.05, 0.1) is 13.2 Å². The number of carbonyl (C=O) groups excluding carboxylic acids is 1. The predicted molar refractivity (Wildman–Crippen MR) is 73.4 cm³/mol. The third kappa shape index (κ3) is 1.89. The number of aromatic nitrogens is 1. The molecule has 2 bridgehead atoms. The Balaban J connectivity index is 1.92. The number of carbonyl (C=O) groups is 1. The van der Waals surface area contributed by atoms with Crippen LogP contribution in [0.3, 0.4) is 0 Å². The second-order valence-corrected chi connectivity index (χ2v) is 5.72. The molecule has 5 nitrogen and oxygen atoms in total. The monoisotopic (exact) mass is 276 g/mol. The molecule has 4 heterocycles. The summed E-state index contributed by atoms with van der Waals surface area (Å²) in [5, 5.41) is 9.77. The molecule has 4 atom stereocenters. The lowest BCUT2D eigenvalue weighted by molar-refractivity contribution is -0.160. The molecular formula is C15H20N2O3. The smallest absolute Gasteiger partial charge is 0.161 e. The van der Waals surface area contributed by atoms with E-state index in [9.17, 15) is 9.90 Å². The summed E-state index contributed by atoms with van der Waals surface area (Å²) < 4.78 is 5.21. The van der Waals surface area contributed by atoms with Crippen molar-refractivity contribution in [3.8, 4) is 0 Å². The molecule has 3 fully saturated rings. The fraction of sp³-hybridized carbons (Fsp3) is 0.600. The number of Topliss-reactive ketones (excluding diaryl/α,β-unsaturated/α-hetero) is 1. The second-order valence-electron chi connectivity index (χ2n) is 5.72. The summed E-state index contributed by atoms with van der Waals surface area (Å²) in [5.41, 5.74) is 0.327. The van der Waals surface area contributed by atoms with Crippen LogP contribution in [0.1, 0.15) is 17.9 Å². The van der Waals surface area contributed by atoms with Crippen molar-refractivity contribution in [1.29, 1.82) is 0 Å². The zero-order valence-corrected chi connectivity index (χ0v) is 11.7. The summed E-state index contributed by atoms with van der Waals surface area (Å²) in [6, 6.07) is 3.97. The van der Waals surface area contributed by atoms with E-state index in [0.29, 0.717) is 0 Å². The van der Waals surface area contributed by atoms with Crippen LogP contribution < -0.4 is 0 Å². The molecule has 1 aromatic heterocycles. The number of pyridine rings is 1. The molecule has 1 N–H and O–H groups in total. The fourth-order valence-electron chi connectivity index (χ4n) is 3.73. The van der Waals surface area contributed by atoms with Crippen molar-refractivity contribution in [1.82, 2.24) is 9.88 Å². The summed E-state index contributed by atoms with van der Waals surface area (Å²) in [6.45, 7) is 1.74. The number of ketones is 1. The Hall–Kier alpha value is -1.30. The van der Waals surface area contributed by atoms with Crippen molar-refractivity contribution >= 4 is 5.78 Å². The van der Waals surface area contributed by atoms with Crippen molar-refractivity contribution < 1.29 is 14.6 Å². The van der Waals surface area contributed by atoms with Crippen LogP contribution in [0.25, 0.3) is 0 Å². The van der Waals surface area contributed by atoms with E-state index >= 15 is 0 Å². The maximum absolute atomic E-state index is 12.8. The molecule has 1 unspecified atom stereocenters. The molecule has 108 valence electrons. The maximum Gasteiger partial charge on any atom is 0.161 e. The highest BCUT2D eigenvalue weighted by Crippen LogP contribution is 2.44. The van der Waals surface area contributed by atoms with Crippen molar-refractivity contribution in [3.05, 3.63) is 30.1 Å². The first-order valence-electron chi connectivity index (χ1n) is 7.02. The number of hydrogen-bond donors (Lipinski definition) is 1. The first-order chi connectivity index (χ1) is 9.73. The highest BCUT2D eigenvalue weighted by Gasteiger charge is 2.56. The highest BCUT2D eigenvalue weighted by molar-refractivity contribution is 5.93. The average Bonchev–Trinajstić information content (AvgIpc) is 2.52. The predicted octanol–water partition coefficient (Wildman–Crippen LogP) is 0.447. The zero-order chi connectivity index (χ0) is 14.2. The minimum Gasteiger partial charge on any atom is -0.394 e. The Labute approximate surface area is 118 Å². The number of aliphatic hydroxyl groups is 1. The van der Waals surface area contributed by atoms with Gasteiger partial charge in [0.1, 0.15) is 5.54 Å². The van der Waals surface area contributed by atoms with Gasteiger partial charge in [0.2, 0.25) is 0 Å². The third-order valence-electron chi connectivity index (χ3n) is 4.79. The van der Waals surface area contributed by atoms with Gasteiger partial charge >= 0.3 is 0 Å². The first-order valence-corrected chi connectivity index (χ1v) is 7.02. The van der Waals surface area contributed by atoms with Gasteiger partial charge in [-0.1, -0.05) is 0 Å². The molecule has 0 aliphatic carbocycles. The van der Waals surface area contributed by atoms with Crippen LogP contribution in [-0.4, -0.2) is 59.7 Å². The lowest BCUT2D eigenvalue weighted by Crippen LogP contribution is -2.70. The molecule has 0 spiro atoms. The largest absolute Gasteiger partial charge is 0.394 e. The van der Waals surface area contributed by atoms with E-state index in [2.05, 4.69) is 9.88 Å². The molecule has 5 heteroatoms. The fourth-order valence-corrected chi connectivity index (χ4v) is 3.73. The van der Waals surface area contributed by atoms with Crippen LogP contribution in [0.5, 0.6) is 0 Å². The van der Waals surface area contributed by atoms with Gasteiger partial charge < -0.3 is 9.84 Å². The molecule has 1 aromatic rings. The summed E-state index contributed by atoms with van der Waals surface area (Å²) in [7, 11) is 1.58. The number of piperidine rings is 3. The van der Waals surface area contributed by atoms with Gasteiger partial charge in [-0.15, -0.1) is 0 Å². The molecule has 4 rings (SSSR count). The van der Waals surface area contributed by atoms with Crippen LogP contribution in [0.15, 0.2) is 24.5 Å². The van der Waals surface area contributed by atoms with Crippen LogP contribution in [0.4, 0.5) is 0 Å². The number of methoxy groups -OCH3 is 1. The van der Waals surface area contributed by atoms with E-state index in [-0.39, 0.29) is 30.8 Å². The van der Waals surface area contributed by atoms with Gasteiger partial charge in [-0.25, -0.2) is 0 Å². The van der Waals surface area contributed by atoms with Crippen LogP contribution in [0, 0.1) is 5.92 Å². The summed E-state index contributed by atoms with van der Waals surface area (Å²) >= 11 is 0. The number of rotatable bonds is 4. The van der Waals surface area contributed by atoms with Gasteiger partial charge in [-0.2, -0.15) is 0 Å². The van der Waals surface area contributed by atoms with Crippen molar-refractivity contribution in [2.75, 3.05) is 33.4 Å². The number of fused-ring (bicyclic) bond motifs is 3. The zero-order valence-electron chi connectivity index (χ0n) is 11.7. The summed E-state index contributed by atoms with van der Waals surface area (Å²) in [4.78, 5) is 19.0. The van der Waals surface area contributed by atoms with E-state index in [1.165, 1.54) is 0 Å². The molecule has 20 heavy (non-hydrogen) atoms. The Morgan fingerprint density at radius 1 is 1.45 bits per heavy atom. The van der Waals surface area contributed by atoms with Crippen LogP contribution in [-0.2, 0) is 9.53 Å². The van der Waals surface area contributed by atoms with Gasteiger partial charge in [-0.05, 0) is 24.1 Å².